The van der Waals surface area contributed by atoms with Crippen LogP contribution in [0.4, 0.5) is 5.69 Å². The summed E-state index contributed by atoms with van der Waals surface area (Å²) in [4.78, 5) is 21.2. The Morgan fingerprint density at radius 2 is 1.83 bits per heavy atom. The predicted molar refractivity (Wildman–Crippen MR) is 108 cm³/mol. The predicted octanol–water partition coefficient (Wildman–Crippen LogP) is 4.30. The van der Waals surface area contributed by atoms with E-state index in [0.717, 1.165) is 0 Å². The van der Waals surface area contributed by atoms with Crippen molar-refractivity contribution >= 4 is 23.4 Å². The molecule has 4 aromatic heterocycles. The molecule has 1 N–H and O–H groups in total. The molecule has 0 bridgehead atoms. The van der Waals surface area contributed by atoms with Gasteiger partial charge in [-0.25, -0.2) is 4.98 Å². The number of nitrogens with one attached hydrogen (secondary N) is 1. The first-order valence-corrected chi connectivity index (χ1v) is 9.82. The number of aromatic nitrogens is 4. The number of thioether (sulfide) groups is 1. The van der Waals surface area contributed by atoms with Crippen LogP contribution in [0.15, 0.2) is 75.3 Å². The summed E-state index contributed by atoms with van der Waals surface area (Å²) < 4.78 is 10.9. The van der Waals surface area contributed by atoms with Crippen LogP contribution in [0.1, 0.15) is 13.3 Å². The first-order valence-electron chi connectivity index (χ1n) is 8.94. The minimum Gasteiger partial charge on any atom is -0.463 e. The first kappa shape index (κ1) is 18.9. The Hall–Kier alpha value is -3.46. The zero-order chi connectivity index (χ0) is 20.1. The zero-order valence-corrected chi connectivity index (χ0v) is 16.3. The summed E-state index contributed by atoms with van der Waals surface area (Å²) in [6, 6.07) is 10.7. The van der Waals surface area contributed by atoms with Crippen LogP contribution in [0.25, 0.3) is 22.9 Å². The number of amides is 1. The molecule has 1 amide bonds. The maximum atomic E-state index is 12.6. The quantitative estimate of drug-likeness (QED) is 0.452. The van der Waals surface area contributed by atoms with Crippen molar-refractivity contribution in [3.8, 4) is 22.9 Å². The summed E-state index contributed by atoms with van der Waals surface area (Å²) in [5.41, 5.74) is 1.62. The standard InChI is InChI=1S/C20H17N5O3S/c1-2-16(19(26)22-13-6-3-9-21-12-13)29-20-23-17(14-7-4-10-27-14)18(24-25-20)15-8-5-11-28-15/h3-12,16H,2H2,1H3,(H,22,26). The van der Waals surface area contributed by atoms with Crippen molar-refractivity contribution in [1.29, 1.82) is 0 Å². The molecule has 0 radical (unpaired) electrons. The van der Waals surface area contributed by atoms with Gasteiger partial charge in [0.15, 0.2) is 17.2 Å². The van der Waals surface area contributed by atoms with Crippen molar-refractivity contribution in [2.75, 3.05) is 5.32 Å². The van der Waals surface area contributed by atoms with Crippen molar-refractivity contribution in [2.24, 2.45) is 0 Å². The second-order valence-electron chi connectivity index (χ2n) is 5.99. The highest BCUT2D eigenvalue weighted by atomic mass is 32.2. The minimum absolute atomic E-state index is 0.149. The van der Waals surface area contributed by atoms with Gasteiger partial charge in [0.1, 0.15) is 5.69 Å². The highest BCUT2D eigenvalue weighted by molar-refractivity contribution is 8.00. The number of rotatable bonds is 7. The van der Waals surface area contributed by atoms with Gasteiger partial charge in [-0.05, 0) is 42.8 Å². The molecular formula is C20H17N5O3S. The van der Waals surface area contributed by atoms with E-state index in [2.05, 4.69) is 25.5 Å². The maximum Gasteiger partial charge on any atom is 0.238 e. The third-order valence-electron chi connectivity index (χ3n) is 4.02. The zero-order valence-electron chi connectivity index (χ0n) is 15.5. The molecule has 0 fully saturated rings. The van der Waals surface area contributed by atoms with Gasteiger partial charge in [-0.1, -0.05) is 18.7 Å². The van der Waals surface area contributed by atoms with E-state index in [0.29, 0.717) is 40.2 Å². The third kappa shape index (κ3) is 4.35. The number of furan rings is 2. The fourth-order valence-corrected chi connectivity index (χ4v) is 3.45. The largest absolute Gasteiger partial charge is 0.463 e. The molecule has 0 aliphatic heterocycles. The second-order valence-corrected chi connectivity index (χ2v) is 7.16. The average Bonchev–Trinajstić information content (AvgIpc) is 3.46. The molecule has 1 unspecified atom stereocenters. The van der Waals surface area contributed by atoms with E-state index in [4.69, 9.17) is 8.83 Å². The van der Waals surface area contributed by atoms with Crippen LogP contribution in [0, 0.1) is 0 Å². The van der Waals surface area contributed by atoms with E-state index in [1.165, 1.54) is 11.8 Å². The van der Waals surface area contributed by atoms with Crippen molar-refractivity contribution in [3.63, 3.8) is 0 Å². The second kappa shape index (κ2) is 8.70. The molecule has 0 saturated carbocycles. The number of hydrogen-bond acceptors (Lipinski definition) is 8. The highest BCUT2D eigenvalue weighted by Gasteiger charge is 2.23. The summed E-state index contributed by atoms with van der Waals surface area (Å²) in [6.45, 7) is 1.93. The van der Waals surface area contributed by atoms with Crippen LogP contribution < -0.4 is 5.32 Å². The highest BCUT2D eigenvalue weighted by Crippen LogP contribution is 2.31. The summed E-state index contributed by atoms with van der Waals surface area (Å²) in [5, 5.41) is 11.3. The van der Waals surface area contributed by atoms with Gasteiger partial charge in [-0.15, -0.1) is 10.2 Å². The lowest BCUT2D eigenvalue weighted by Crippen LogP contribution is -2.25. The number of pyridine rings is 1. The smallest absolute Gasteiger partial charge is 0.238 e. The van der Waals surface area contributed by atoms with Crippen molar-refractivity contribution < 1.29 is 13.6 Å². The van der Waals surface area contributed by atoms with Crippen LogP contribution in [0.2, 0.25) is 0 Å². The summed E-state index contributed by atoms with van der Waals surface area (Å²) in [7, 11) is 0. The fourth-order valence-electron chi connectivity index (χ4n) is 2.63. The first-order chi connectivity index (χ1) is 14.2. The van der Waals surface area contributed by atoms with Crippen molar-refractivity contribution in [2.45, 2.75) is 23.8 Å². The van der Waals surface area contributed by atoms with E-state index >= 15 is 0 Å². The molecule has 0 aliphatic rings. The molecule has 0 saturated heterocycles. The Morgan fingerprint density at radius 1 is 1.07 bits per heavy atom. The van der Waals surface area contributed by atoms with Crippen LogP contribution in [-0.4, -0.2) is 31.3 Å². The number of hydrogen-bond donors (Lipinski definition) is 1. The van der Waals surface area contributed by atoms with Crippen LogP contribution in [0.5, 0.6) is 0 Å². The Bertz CT molecular complexity index is 1070. The minimum atomic E-state index is -0.393. The van der Waals surface area contributed by atoms with Crippen LogP contribution >= 0.6 is 11.8 Å². The molecule has 0 aromatic carbocycles. The van der Waals surface area contributed by atoms with E-state index in [-0.39, 0.29) is 5.91 Å². The van der Waals surface area contributed by atoms with Crippen LogP contribution in [0.3, 0.4) is 0 Å². The molecule has 146 valence electrons. The Kier molecular flexibility index (Phi) is 5.66. The molecule has 0 spiro atoms. The van der Waals surface area contributed by atoms with E-state index in [1.807, 2.05) is 6.92 Å². The number of anilines is 1. The Labute approximate surface area is 170 Å². The van der Waals surface area contributed by atoms with E-state index < -0.39 is 5.25 Å². The molecule has 4 heterocycles. The van der Waals surface area contributed by atoms with Crippen molar-refractivity contribution in [3.05, 3.63) is 61.3 Å². The van der Waals surface area contributed by atoms with Gasteiger partial charge in [0.05, 0.1) is 29.7 Å². The third-order valence-corrected chi connectivity index (χ3v) is 5.23. The number of carbonyl (C=O) groups excluding carboxylic acids is 1. The normalized spacial score (nSPS) is 11.9. The van der Waals surface area contributed by atoms with E-state index in [9.17, 15) is 4.79 Å². The molecule has 4 rings (SSSR count). The van der Waals surface area contributed by atoms with Gasteiger partial charge in [-0.3, -0.25) is 9.78 Å². The topological polar surface area (TPSA) is 107 Å². The maximum absolute atomic E-state index is 12.6. The lowest BCUT2D eigenvalue weighted by Gasteiger charge is -2.14. The Balaban J connectivity index is 1.59. The molecule has 4 aromatic rings. The van der Waals surface area contributed by atoms with Gasteiger partial charge in [0.25, 0.3) is 0 Å². The van der Waals surface area contributed by atoms with Gasteiger partial charge in [0.2, 0.25) is 11.1 Å². The average molecular weight is 407 g/mol. The lowest BCUT2D eigenvalue weighted by atomic mass is 10.2. The van der Waals surface area contributed by atoms with Gasteiger partial charge in [0, 0.05) is 6.20 Å². The molecule has 9 heteroatoms. The molecule has 29 heavy (non-hydrogen) atoms. The summed E-state index contributed by atoms with van der Waals surface area (Å²) in [5.74, 6) is 0.930. The van der Waals surface area contributed by atoms with Gasteiger partial charge in [-0.2, -0.15) is 0 Å². The Morgan fingerprint density at radius 3 is 2.45 bits per heavy atom. The molecule has 8 nitrogen and oxygen atoms in total. The van der Waals surface area contributed by atoms with Crippen LogP contribution in [-0.2, 0) is 4.79 Å². The fraction of sp³-hybridized carbons (Fsp3) is 0.150. The molecule has 1 atom stereocenters. The number of carbonyl (C=O) groups is 1. The monoisotopic (exact) mass is 407 g/mol. The van der Waals surface area contributed by atoms with Gasteiger partial charge >= 0.3 is 0 Å². The summed E-state index contributed by atoms with van der Waals surface area (Å²) in [6.07, 6.45) is 6.96. The van der Waals surface area contributed by atoms with Crippen molar-refractivity contribution in [1.82, 2.24) is 20.2 Å². The molecule has 0 aliphatic carbocycles. The lowest BCUT2D eigenvalue weighted by molar-refractivity contribution is -0.115. The van der Waals surface area contributed by atoms with Gasteiger partial charge < -0.3 is 14.2 Å². The molecular weight excluding hydrogens is 390 g/mol. The van der Waals surface area contributed by atoms with E-state index in [1.54, 1.807) is 61.3 Å². The SMILES string of the molecule is CCC(Sc1nnc(-c2ccco2)c(-c2ccco2)n1)C(=O)Nc1cccnc1. The number of nitrogens with zero attached hydrogens (tertiary/aromatic N) is 4. The summed E-state index contributed by atoms with van der Waals surface area (Å²) >= 11 is 1.24.